The summed E-state index contributed by atoms with van der Waals surface area (Å²) >= 11 is 12.5. The normalized spacial score (nSPS) is 11.0. The van der Waals surface area contributed by atoms with Crippen molar-refractivity contribution in [1.29, 1.82) is 0 Å². The summed E-state index contributed by atoms with van der Waals surface area (Å²) in [6, 6.07) is 9.04. The summed E-state index contributed by atoms with van der Waals surface area (Å²) in [6.07, 6.45) is 2.90. The van der Waals surface area contributed by atoms with Gasteiger partial charge in [-0.3, -0.25) is 0 Å². The number of nitrogen functional groups attached to an aromatic ring is 1. The molecule has 3 aromatic rings. The summed E-state index contributed by atoms with van der Waals surface area (Å²) in [5.74, 6) is 1.78. The molecule has 2 aromatic heterocycles. The molecule has 6 heteroatoms. The molecule has 0 unspecified atom stereocenters. The van der Waals surface area contributed by atoms with Gasteiger partial charge in [0.15, 0.2) is 5.82 Å². The molecule has 0 radical (unpaired) electrons. The molecule has 108 valence electrons. The number of anilines is 1. The molecule has 21 heavy (non-hydrogen) atoms. The average Bonchev–Trinajstić information content (AvgIpc) is 3.08. The molecule has 4 nitrogen and oxygen atoms in total. The maximum Gasteiger partial charge on any atom is 0.175 e. The van der Waals surface area contributed by atoms with Crippen LogP contribution in [0.4, 0.5) is 5.82 Å². The van der Waals surface area contributed by atoms with Crippen LogP contribution in [0.25, 0.3) is 11.1 Å². The largest absolute Gasteiger partial charge is 0.469 e. The van der Waals surface area contributed by atoms with Crippen LogP contribution >= 0.6 is 23.2 Å². The number of halogens is 2. The standard InChI is InChI=1S/C15H12Cl2N2O2/c16-10-4-1-5-11(17)13(10)14-12(21-19-15(14)18)7-6-9-3-2-8-20-9/h1-5,8H,6-7H2,(H2,18,19). The van der Waals surface area contributed by atoms with Crippen LogP contribution in [0.15, 0.2) is 45.5 Å². The van der Waals surface area contributed by atoms with Crippen LogP contribution in [0, 0.1) is 0 Å². The van der Waals surface area contributed by atoms with Crippen LogP contribution in [0.2, 0.25) is 10.0 Å². The van der Waals surface area contributed by atoms with Crippen molar-refractivity contribution in [1.82, 2.24) is 5.16 Å². The highest BCUT2D eigenvalue weighted by Gasteiger charge is 2.20. The van der Waals surface area contributed by atoms with Gasteiger partial charge in [-0.2, -0.15) is 0 Å². The monoisotopic (exact) mass is 322 g/mol. The predicted molar refractivity (Wildman–Crippen MR) is 82.5 cm³/mol. The van der Waals surface area contributed by atoms with Crippen LogP contribution in [-0.2, 0) is 12.8 Å². The van der Waals surface area contributed by atoms with Crippen LogP contribution in [0.3, 0.4) is 0 Å². The number of benzene rings is 1. The fourth-order valence-electron chi connectivity index (χ4n) is 2.20. The van der Waals surface area contributed by atoms with E-state index in [1.807, 2.05) is 12.1 Å². The molecule has 0 spiro atoms. The van der Waals surface area contributed by atoms with Gasteiger partial charge in [-0.15, -0.1) is 0 Å². The highest BCUT2D eigenvalue weighted by Crippen LogP contribution is 2.40. The van der Waals surface area contributed by atoms with Crippen molar-refractivity contribution < 1.29 is 8.94 Å². The molecule has 0 aliphatic rings. The van der Waals surface area contributed by atoms with E-state index < -0.39 is 0 Å². The Bertz CT molecular complexity index is 731. The summed E-state index contributed by atoms with van der Waals surface area (Å²) in [6.45, 7) is 0. The highest BCUT2D eigenvalue weighted by molar-refractivity contribution is 6.39. The lowest BCUT2D eigenvalue weighted by atomic mass is 10.0. The molecule has 3 rings (SSSR count). The third-order valence-electron chi connectivity index (χ3n) is 3.18. The van der Waals surface area contributed by atoms with Gasteiger partial charge in [0.1, 0.15) is 11.5 Å². The Hall–Kier alpha value is -1.91. The fraction of sp³-hybridized carbons (Fsp3) is 0.133. The molecular formula is C15H12Cl2N2O2. The van der Waals surface area contributed by atoms with E-state index in [9.17, 15) is 0 Å². The summed E-state index contributed by atoms with van der Waals surface area (Å²) in [5.41, 5.74) is 7.21. The first-order chi connectivity index (χ1) is 10.2. The second-order valence-electron chi connectivity index (χ2n) is 4.54. The third-order valence-corrected chi connectivity index (χ3v) is 3.81. The Kier molecular flexibility index (Phi) is 3.90. The van der Waals surface area contributed by atoms with Crippen molar-refractivity contribution in [2.24, 2.45) is 0 Å². The smallest absolute Gasteiger partial charge is 0.175 e. The quantitative estimate of drug-likeness (QED) is 0.761. The lowest BCUT2D eigenvalue weighted by Crippen LogP contribution is -1.94. The van der Waals surface area contributed by atoms with Crippen molar-refractivity contribution in [3.05, 3.63) is 58.2 Å². The molecule has 0 saturated carbocycles. The van der Waals surface area contributed by atoms with Crippen LogP contribution in [-0.4, -0.2) is 5.16 Å². The van der Waals surface area contributed by atoms with Gasteiger partial charge in [0.05, 0.1) is 21.9 Å². The number of hydrogen-bond donors (Lipinski definition) is 1. The number of hydrogen-bond acceptors (Lipinski definition) is 4. The van der Waals surface area contributed by atoms with E-state index in [0.717, 1.165) is 5.76 Å². The molecule has 2 heterocycles. The van der Waals surface area contributed by atoms with E-state index in [4.69, 9.17) is 37.9 Å². The minimum atomic E-state index is 0.277. The maximum absolute atomic E-state index is 6.24. The van der Waals surface area contributed by atoms with Gasteiger partial charge in [0.25, 0.3) is 0 Å². The van der Waals surface area contributed by atoms with Gasteiger partial charge in [0.2, 0.25) is 0 Å². The number of nitrogens with two attached hydrogens (primary N) is 1. The third kappa shape index (κ3) is 2.77. The van der Waals surface area contributed by atoms with Crippen molar-refractivity contribution in [3.8, 4) is 11.1 Å². The minimum absolute atomic E-state index is 0.277. The minimum Gasteiger partial charge on any atom is -0.469 e. The molecular weight excluding hydrogens is 311 g/mol. The number of rotatable bonds is 4. The van der Waals surface area contributed by atoms with Gasteiger partial charge >= 0.3 is 0 Å². The van der Waals surface area contributed by atoms with E-state index in [2.05, 4.69) is 5.16 Å². The second kappa shape index (κ2) is 5.84. The topological polar surface area (TPSA) is 65.2 Å². The predicted octanol–water partition coefficient (Wildman–Crippen LogP) is 4.61. The Balaban J connectivity index is 1.97. The molecule has 0 aliphatic carbocycles. The molecule has 0 fully saturated rings. The average molecular weight is 323 g/mol. The van der Waals surface area contributed by atoms with Gasteiger partial charge in [0, 0.05) is 18.4 Å². The molecule has 0 bridgehead atoms. The van der Waals surface area contributed by atoms with E-state index >= 15 is 0 Å². The Labute approximate surface area is 131 Å². The first kappa shape index (κ1) is 14.0. The molecule has 0 aliphatic heterocycles. The number of aromatic nitrogens is 1. The number of nitrogens with zero attached hydrogens (tertiary/aromatic N) is 1. The SMILES string of the molecule is Nc1noc(CCc2ccco2)c1-c1c(Cl)cccc1Cl. The Morgan fingerprint density at radius 1 is 1.00 bits per heavy atom. The zero-order chi connectivity index (χ0) is 14.8. The lowest BCUT2D eigenvalue weighted by Gasteiger charge is -2.07. The van der Waals surface area contributed by atoms with Crippen molar-refractivity contribution in [2.45, 2.75) is 12.8 Å². The Morgan fingerprint density at radius 2 is 1.76 bits per heavy atom. The highest BCUT2D eigenvalue weighted by atomic mass is 35.5. The summed E-state index contributed by atoms with van der Waals surface area (Å²) in [5, 5.41) is 4.85. The van der Waals surface area contributed by atoms with E-state index in [0.29, 0.717) is 39.8 Å². The zero-order valence-electron chi connectivity index (χ0n) is 11.0. The van der Waals surface area contributed by atoms with E-state index in [1.54, 1.807) is 24.5 Å². The van der Waals surface area contributed by atoms with Crippen LogP contribution in [0.5, 0.6) is 0 Å². The molecule has 0 saturated heterocycles. The zero-order valence-corrected chi connectivity index (χ0v) is 12.5. The molecule has 2 N–H and O–H groups in total. The summed E-state index contributed by atoms with van der Waals surface area (Å²) < 4.78 is 10.6. The van der Waals surface area contributed by atoms with Gasteiger partial charge in [-0.1, -0.05) is 34.4 Å². The van der Waals surface area contributed by atoms with Crippen LogP contribution < -0.4 is 5.73 Å². The first-order valence-corrected chi connectivity index (χ1v) is 7.13. The molecule has 0 atom stereocenters. The van der Waals surface area contributed by atoms with Gasteiger partial charge in [-0.25, -0.2) is 0 Å². The lowest BCUT2D eigenvalue weighted by molar-refractivity contribution is 0.382. The van der Waals surface area contributed by atoms with Gasteiger partial charge in [-0.05, 0) is 24.3 Å². The van der Waals surface area contributed by atoms with Gasteiger partial charge < -0.3 is 14.7 Å². The van der Waals surface area contributed by atoms with Crippen molar-refractivity contribution in [2.75, 3.05) is 5.73 Å². The Morgan fingerprint density at radius 3 is 2.43 bits per heavy atom. The van der Waals surface area contributed by atoms with E-state index in [-0.39, 0.29) is 5.82 Å². The maximum atomic E-state index is 6.24. The summed E-state index contributed by atoms with van der Waals surface area (Å²) in [7, 11) is 0. The fourth-order valence-corrected chi connectivity index (χ4v) is 2.79. The van der Waals surface area contributed by atoms with Crippen molar-refractivity contribution >= 4 is 29.0 Å². The number of furan rings is 1. The van der Waals surface area contributed by atoms with Crippen molar-refractivity contribution in [3.63, 3.8) is 0 Å². The molecule has 1 aromatic carbocycles. The van der Waals surface area contributed by atoms with Crippen LogP contribution in [0.1, 0.15) is 11.5 Å². The first-order valence-electron chi connectivity index (χ1n) is 6.37. The number of aryl methyl sites for hydroxylation is 2. The summed E-state index contributed by atoms with van der Waals surface area (Å²) in [4.78, 5) is 0. The molecule has 0 amide bonds. The van der Waals surface area contributed by atoms with E-state index in [1.165, 1.54) is 0 Å². The second-order valence-corrected chi connectivity index (χ2v) is 5.36.